The lowest BCUT2D eigenvalue weighted by atomic mass is 9.96. The molecule has 0 N–H and O–H groups in total. The van der Waals surface area contributed by atoms with E-state index in [-0.39, 0.29) is 5.92 Å². The molecule has 1 unspecified atom stereocenters. The van der Waals surface area contributed by atoms with E-state index in [1.165, 1.54) is 11.1 Å². The number of nitrogens with zero attached hydrogens (tertiary/aromatic N) is 1. The van der Waals surface area contributed by atoms with Crippen LogP contribution in [0.4, 0.5) is 0 Å². The van der Waals surface area contributed by atoms with Crippen LogP contribution < -0.4 is 4.74 Å². The minimum Gasteiger partial charge on any atom is -0.496 e. The lowest BCUT2D eigenvalue weighted by molar-refractivity contribution is 0.410. The highest BCUT2D eigenvalue weighted by Crippen LogP contribution is 2.22. The predicted molar refractivity (Wildman–Crippen MR) is 65.5 cm³/mol. The highest BCUT2D eigenvalue weighted by molar-refractivity contribution is 5.37. The summed E-state index contributed by atoms with van der Waals surface area (Å²) in [6, 6.07) is 8.54. The first-order chi connectivity index (χ1) is 7.74. The van der Waals surface area contributed by atoms with Crippen LogP contribution in [0.1, 0.15) is 31.4 Å². The van der Waals surface area contributed by atoms with E-state index in [0.717, 1.165) is 25.0 Å². The molecule has 2 heteroatoms. The molecule has 16 heavy (non-hydrogen) atoms. The maximum absolute atomic E-state index is 8.94. The van der Waals surface area contributed by atoms with Crippen LogP contribution in [0.5, 0.6) is 5.75 Å². The fourth-order valence-electron chi connectivity index (χ4n) is 1.80. The normalized spacial score (nSPS) is 11.9. The molecule has 1 aromatic rings. The Balaban J connectivity index is 2.87. The van der Waals surface area contributed by atoms with Gasteiger partial charge in [0.2, 0.25) is 0 Å². The molecule has 0 spiro atoms. The Kier molecular flexibility index (Phi) is 4.85. The van der Waals surface area contributed by atoms with Gasteiger partial charge in [-0.1, -0.05) is 26.0 Å². The molecular weight excluding hydrogens is 198 g/mol. The summed E-state index contributed by atoms with van der Waals surface area (Å²) in [5.74, 6) is 1.06. The summed E-state index contributed by atoms with van der Waals surface area (Å²) in [5, 5.41) is 8.94. The van der Waals surface area contributed by atoms with E-state index >= 15 is 0 Å². The SMILES string of the molecule is CCc1cc(CC(C#N)CC)ccc1OC. The van der Waals surface area contributed by atoms with Crippen LogP contribution in [-0.2, 0) is 12.8 Å². The molecule has 0 aliphatic rings. The molecule has 1 aromatic carbocycles. The Morgan fingerprint density at radius 3 is 2.62 bits per heavy atom. The second-order valence-corrected chi connectivity index (χ2v) is 3.94. The number of aryl methyl sites for hydroxylation is 1. The standard InChI is InChI=1S/C14H19NO/c1-4-11(10-15)8-12-6-7-14(16-3)13(5-2)9-12/h6-7,9,11H,4-5,8H2,1-3H3. The van der Waals surface area contributed by atoms with Crippen molar-refractivity contribution in [3.63, 3.8) is 0 Å². The van der Waals surface area contributed by atoms with Crippen LogP contribution in [0, 0.1) is 17.2 Å². The van der Waals surface area contributed by atoms with Crippen molar-refractivity contribution in [2.24, 2.45) is 5.92 Å². The third-order valence-corrected chi connectivity index (χ3v) is 2.88. The van der Waals surface area contributed by atoms with E-state index in [1.54, 1.807) is 7.11 Å². The molecule has 2 nitrogen and oxygen atoms in total. The van der Waals surface area contributed by atoms with E-state index in [1.807, 2.05) is 6.07 Å². The molecule has 86 valence electrons. The van der Waals surface area contributed by atoms with Crippen molar-refractivity contribution >= 4 is 0 Å². The monoisotopic (exact) mass is 217 g/mol. The van der Waals surface area contributed by atoms with Crippen molar-refractivity contribution in [2.75, 3.05) is 7.11 Å². The van der Waals surface area contributed by atoms with Crippen molar-refractivity contribution in [1.29, 1.82) is 5.26 Å². The van der Waals surface area contributed by atoms with Crippen molar-refractivity contribution in [3.05, 3.63) is 29.3 Å². The van der Waals surface area contributed by atoms with Crippen LogP contribution in [-0.4, -0.2) is 7.11 Å². The van der Waals surface area contributed by atoms with Gasteiger partial charge in [-0.15, -0.1) is 0 Å². The summed E-state index contributed by atoms with van der Waals surface area (Å²) in [7, 11) is 1.69. The Hall–Kier alpha value is -1.49. The fraction of sp³-hybridized carbons (Fsp3) is 0.500. The predicted octanol–water partition coefficient (Wildman–Crippen LogP) is 3.35. The second-order valence-electron chi connectivity index (χ2n) is 3.94. The third-order valence-electron chi connectivity index (χ3n) is 2.88. The van der Waals surface area contributed by atoms with Gasteiger partial charge >= 0.3 is 0 Å². The molecule has 0 bridgehead atoms. The molecule has 0 aliphatic heterocycles. The van der Waals surface area contributed by atoms with E-state index < -0.39 is 0 Å². The Morgan fingerprint density at radius 1 is 1.38 bits per heavy atom. The van der Waals surface area contributed by atoms with Gasteiger partial charge in [0.15, 0.2) is 0 Å². The first-order valence-electron chi connectivity index (χ1n) is 5.80. The molecule has 0 saturated carbocycles. The highest BCUT2D eigenvalue weighted by Gasteiger charge is 2.08. The zero-order valence-electron chi connectivity index (χ0n) is 10.3. The van der Waals surface area contributed by atoms with E-state index in [0.29, 0.717) is 0 Å². The van der Waals surface area contributed by atoms with Crippen molar-refractivity contribution in [3.8, 4) is 11.8 Å². The number of hydrogen-bond donors (Lipinski definition) is 0. The highest BCUT2D eigenvalue weighted by atomic mass is 16.5. The largest absolute Gasteiger partial charge is 0.496 e. The molecule has 1 atom stereocenters. The van der Waals surface area contributed by atoms with Crippen molar-refractivity contribution < 1.29 is 4.74 Å². The number of ether oxygens (including phenoxy) is 1. The maximum atomic E-state index is 8.94. The Labute approximate surface area is 97.9 Å². The van der Waals surface area contributed by atoms with Crippen molar-refractivity contribution in [2.45, 2.75) is 33.1 Å². The van der Waals surface area contributed by atoms with Crippen LogP contribution in [0.3, 0.4) is 0 Å². The van der Waals surface area contributed by atoms with Gasteiger partial charge in [0.1, 0.15) is 5.75 Å². The molecule has 0 radical (unpaired) electrons. The van der Waals surface area contributed by atoms with Crippen LogP contribution in [0.15, 0.2) is 18.2 Å². The average molecular weight is 217 g/mol. The number of rotatable bonds is 5. The maximum Gasteiger partial charge on any atom is 0.122 e. The summed E-state index contributed by atoms with van der Waals surface area (Å²) in [6.45, 7) is 4.17. The van der Waals surface area contributed by atoms with Gasteiger partial charge in [-0.05, 0) is 36.5 Å². The quantitative estimate of drug-likeness (QED) is 0.757. The smallest absolute Gasteiger partial charge is 0.122 e. The minimum atomic E-state index is 0.123. The van der Waals surface area contributed by atoms with Crippen LogP contribution in [0.25, 0.3) is 0 Å². The van der Waals surface area contributed by atoms with Gasteiger partial charge in [-0.3, -0.25) is 0 Å². The molecule has 0 aromatic heterocycles. The lowest BCUT2D eigenvalue weighted by Gasteiger charge is -2.11. The van der Waals surface area contributed by atoms with Gasteiger partial charge in [0.25, 0.3) is 0 Å². The number of benzene rings is 1. The topological polar surface area (TPSA) is 33.0 Å². The van der Waals surface area contributed by atoms with Gasteiger partial charge in [-0.25, -0.2) is 0 Å². The summed E-state index contributed by atoms with van der Waals surface area (Å²) >= 11 is 0. The second kappa shape index (κ2) is 6.17. The summed E-state index contributed by atoms with van der Waals surface area (Å²) in [4.78, 5) is 0. The average Bonchev–Trinajstić information content (AvgIpc) is 2.35. The molecule has 1 rings (SSSR count). The van der Waals surface area contributed by atoms with E-state index in [4.69, 9.17) is 10.00 Å². The molecule has 0 heterocycles. The summed E-state index contributed by atoms with van der Waals surface area (Å²) in [5.41, 5.74) is 2.44. The first kappa shape index (κ1) is 12.6. The molecule has 0 saturated heterocycles. The van der Waals surface area contributed by atoms with Crippen LogP contribution >= 0.6 is 0 Å². The minimum absolute atomic E-state index is 0.123. The molecular formula is C14H19NO. The lowest BCUT2D eigenvalue weighted by Crippen LogP contribution is -2.01. The fourth-order valence-corrected chi connectivity index (χ4v) is 1.80. The van der Waals surface area contributed by atoms with Gasteiger partial charge in [0.05, 0.1) is 19.1 Å². The molecule has 0 aliphatic carbocycles. The molecule has 0 amide bonds. The summed E-state index contributed by atoms with van der Waals surface area (Å²) in [6.07, 6.45) is 2.70. The first-order valence-corrected chi connectivity index (χ1v) is 5.80. The number of nitriles is 1. The van der Waals surface area contributed by atoms with Crippen LogP contribution in [0.2, 0.25) is 0 Å². The third kappa shape index (κ3) is 3.00. The van der Waals surface area contributed by atoms with E-state index in [9.17, 15) is 0 Å². The van der Waals surface area contributed by atoms with Gasteiger partial charge in [0, 0.05) is 0 Å². The number of hydrogen-bond acceptors (Lipinski definition) is 2. The van der Waals surface area contributed by atoms with E-state index in [2.05, 4.69) is 32.0 Å². The molecule has 0 fully saturated rings. The number of methoxy groups -OCH3 is 1. The summed E-state index contributed by atoms with van der Waals surface area (Å²) < 4.78 is 5.28. The van der Waals surface area contributed by atoms with Gasteiger partial charge in [-0.2, -0.15) is 5.26 Å². The Bertz CT molecular complexity index is 379. The zero-order valence-corrected chi connectivity index (χ0v) is 10.3. The van der Waals surface area contributed by atoms with Gasteiger partial charge < -0.3 is 4.74 Å². The van der Waals surface area contributed by atoms with Crippen molar-refractivity contribution in [1.82, 2.24) is 0 Å². The Morgan fingerprint density at radius 2 is 2.12 bits per heavy atom. The zero-order chi connectivity index (χ0) is 12.0.